The highest BCUT2D eigenvalue weighted by Crippen LogP contribution is 2.44. The first-order valence-corrected chi connectivity index (χ1v) is 12.4. The van der Waals surface area contributed by atoms with Gasteiger partial charge < -0.3 is 30.9 Å². The molecule has 0 aliphatic heterocycles. The molecule has 0 heterocycles. The maximum atomic E-state index is 12.5. The smallest absolute Gasteiger partial charge is 0.407 e. The first-order chi connectivity index (χ1) is 18.8. The van der Waals surface area contributed by atoms with E-state index in [0.717, 1.165) is 28.3 Å². The van der Waals surface area contributed by atoms with E-state index in [1.807, 2.05) is 48.5 Å². The average Bonchev–Trinajstić information content (AvgIpc) is 3.24. The van der Waals surface area contributed by atoms with Crippen LogP contribution < -0.4 is 21.1 Å². The van der Waals surface area contributed by atoms with Gasteiger partial charge in [0.05, 0.1) is 11.8 Å². The lowest BCUT2D eigenvalue weighted by Gasteiger charge is -2.19. The number of hydrogen-bond acceptors (Lipinski definition) is 8. The number of carboxylic acid groups (broad SMARTS) is 1. The number of carbonyl (C=O) groups is 2. The zero-order valence-corrected chi connectivity index (χ0v) is 20.9. The third kappa shape index (κ3) is 6.70. The number of nitrogens with one attached hydrogen (secondary N) is 4. The van der Waals surface area contributed by atoms with Gasteiger partial charge in [-0.3, -0.25) is 0 Å². The SMILES string of the molecule is O=C(N[C@H](CCCCNc1ccc([NH+]([O-])O)cc1[NH+]([O-])O)C(=O)O)OCC1c2ccccc2-c2ccccc21. The van der Waals surface area contributed by atoms with Crippen LogP contribution >= 0.6 is 0 Å². The van der Waals surface area contributed by atoms with Crippen LogP contribution in [0.15, 0.2) is 66.7 Å². The van der Waals surface area contributed by atoms with E-state index in [9.17, 15) is 30.3 Å². The summed E-state index contributed by atoms with van der Waals surface area (Å²) in [6.07, 6.45) is 0.233. The standard InChI is InChI=1S/C27H30N4O8/c32-26(33)24(11-5-6-14-28-23-13-12-17(30(35)36)15-25(23)31(37)38)29-27(34)39-16-22-20-9-3-1-7-18(20)19-8-2-4-10-21(19)22/h1-4,7-10,12-13,15,22,24,28,30-31,35,37H,5-6,11,14,16H2,(H,29,34)(H,32,33)/t24-/m1/s1. The molecular weight excluding hydrogens is 508 g/mol. The van der Waals surface area contributed by atoms with E-state index in [2.05, 4.69) is 10.6 Å². The minimum atomic E-state index is -1.26. The van der Waals surface area contributed by atoms with Crippen LogP contribution in [0, 0.1) is 10.4 Å². The number of rotatable bonds is 12. The van der Waals surface area contributed by atoms with Crippen molar-refractivity contribution >= 4 is 29.1 Å². The summed E-state index contributed by atoms with van der Waals surface area (Å²) in [6, 6.07) is 18.4. The molecule has 1 aliphatic rings. The Bertz CT molecular complexity index is 1270. The third-order valence-corrected chi connectivity index (χ3v) is 6.67. The predicted octanol–water partition coefficient (Wildman–Crippen LogP) is 2.07. The summed E-state index contributed by atoms with van der Waals surface area (Å²) in [7, 11) is 0. The second-order valence-corrected chi connectivity index (χ2v) is 9.15. The van der Waals surface area contributed by atoms with Gasteiger partial charge in [0, 0.05) is 18.5 Å². The van der Waals surface area contributed by atoms with Gasteiger partial charge in [0.25, 0.3) is 0 Å². The number of alkyl carbamates (subject to hydrolysis) is 1. The second-order valence-electron chi connectivity index (χ2n) is 9.15. The largest absolute Gasteiger partial charge is 0.595 e. The molecule has 3 atom stereocenters. The molecular formula is C27H30N4O8. The number of benzene rings is 3. The lowest BCUT2D eigenvalue weighted by atomic mass is 9.98. The molecule has 7 N–H and O–H groups in total. The quantitative estimate of drug-likeness (QED) is 0.134. The minimum Gasteiger partial charge on any atom is -0.595 e. The lowest BCUT2D eigenvalue weighted by molar-refractivity contribution is -0.996. The first kappa shape index (κ1) is 28.0. The van der Waals surface area contributed by atoms with Crippen molar-refractivity contribution < 1.29 is 40.3 Å². The highest BCUT2D eigenvalue weighted by atomic mass is 16.8. The highest BCUT2D eigenvalue weighted by Gasteiger charge is 2.29. The molecule has 3 aromatic carbocycles. The van der Waals surface area contributed by atoms with E-state index >= 15 is 0 Å². The molecule has 0 saturated carbocycles. The van der Waals surface area contributed by atoms with Crippen molar-refractivity contribution in [2.45, 2.75) is 31.2 Å². The van der Waals surface area contributed by atoms with Crippen molar-refractivity contribution in [2.75, 3.05) is 18.5 Å². The molecule has 0 fully saturated rings. The van der Waals surface area contributed by atoms with E-state index in [0.29, 0.717) is 19.4 Å². The Hall–Kier alpha value is -4.04. The Labute approximate surface area is 224 Å². The van der Waals surface area contributed by atoms with Gasteiger partial charge in [-0.2, -0.15) is 10.5 Å². The van der Waals surface area contributed by atoms with Gasteiger partial charge in [-0.1, -0.05) is 48.5 Å². The number of amides is 1. The summed E-state index contributed by atoms with van der Waals surface area (Å²) in [5.41, 5.74) is 4.24. The van der Waals surface area contributed by atoms with Gasteiger partial charge in [-0.25, -0.2) is 20.0 Å². The van der Waals surface area contributed by atoms with Gasteiger partial charge in [0.1, 0.15) is 12.6 Å². The fraction of sp³-hybridized carbons (Fsp3) is 0.259. The first-order valence-electron chi connectivity index (χ1n) is 12.4. The van der Waals surface area contributed by atoms with E-state index in [1.165, 1.54) is 12.1 Å². The van der Waals surface area contributed by atoms with Crippen molar-refractivity contribution in [3.63, 3.8) is 0 Å². The molecule has 4 rings (SSSR count). The molecule has 12 heteroatoms. The summed E-state index contributed by atoms with van der Waals surface area (Å²) in [4.78, 5) is 24.2. The molecule has 1 amide bonds. The van der Waals surface area contributed by atoms with Gasteiger partial charge >= 0.3 is 12.1 Å². The Balaban J connectivity index is 1.26. The van der Waals surface area contributed by atoms with Gasteiger partial charge in [-0.15, -0.1) is 0 Å². The monoisotopic (exact) mass is 538 g/mol. The van der Waals surface area contributed by atoms with Crippen LogP contribution in [0.1, 0.15) is 36.3 Å². The van der Waals surface area contributed by atoms with E-state index in [-0.39, 0.29) is 36.0 Å². The van der Waals surface area contributed by atoms with Crippen LogP contribution in [0.25, 0.3) is 11.1 Å². The Morgan fingerprint density at radius 3 is 2.15 bits per heavy atom. The molecule has 39 heavy (non-hydrogen) atoms. The fourth-order valence-electron chi connectivity index (χ4n) is 4.74. The predicted molar refractivity (Wildman–Crippen MR) is 140 cm³/mol. The summed E-state index contributed by atoms with van der Waals surface area (Å²) in [6.45, 7) is 0.396. The second kappa shape index (κ2) is 12.7. The van der Waals surface area contributed by atoms with E-state index in [1.54, 1.807) is 0 Å². The maximum Gasteiger partial charge on any atom is 0.407 e. The highest BCUT2D eigenvalue weighted by molar-refractivity contribution is 5.81. The van der Waals surface area contributed by atoms with Crippen LogP contribution in [-0.2, 0) is 9.53 Å². The number of carboxylic acids is 1. The molecule has 0 bridgehead atoms. The summed E-state index contributed by atoms with van der Waals surface area (Å²) >= 11 is 0. The number of carbonyl (C=O) groups excluding carboxylic acids is 1. The Morgan fingerprint density at radius 2 is 1.56 bits per heavy atom. The van der Waals surface area contributed by atoms with Crippen LogP contribution in [0.4, 0.5) is 21.9 Å². The molecule has 3 aromatic rings. The number of ether oxygens (including phenoxy) is 1. The average molecular weight is 539 g/mol. The number of fused-ring (bicyclic) bond motifs is 3. The zero-order chi connectivity index (χ0) is 27.9. The number of hydrogen-bond donors (Lipinski definition) is 7. The zero-order valence-electron chi connectivity index (χ0n) is 20.9. The number of quaternary nitrogens is 2. The molecule has 1 aliphatic carbocycles. The van der Waals surface area contributed by atoms with Gasteiger partial charge in [0.2, 0.25) is 0 Å². The van der Waals surface area contributed by atoms with E-state index < -0.39 is 28.6 Å². The van der Waals surface area contributed by atoms with Crippen molar-refractivity contribution in [3.05, 3.63) is 88.3 Å². The molecule has 2 unspecified atom stereocenters. The minimum absolute atomic E-state index is 0.0721. The summed E-state index contributed by atoms with van der Waals surface area (Å²) in [5, 5.41) is 53.4. The molecule has 206 valence electrons. The maximum absolute atomic E-state index is 12.5. The van der Waals surface area contributed by atoms with Crippen molar-refractivity contribution in [1.82, 2.24) is 5.32 Å². The molecule has 0 radical (unpaired) electrons. The molecule has 0 spiro atoms. The van der Waals surface area contributed by atoms with Gasteiger partial charge in [0.15, 0.2) is 11.4 Å². The fourth-order valence-corrected chi connectivity index (χ4v) is 4.74. The third-order valence-electron chi connectivity index (χ3n) is 6.67. The van der Waals surface area contributed by atoms with Crippen LogP contribution in [0.3, 0.4) is 0 Å². The van der Waals surface area contributed by atoms with Crippen LogP contribution in [-0.4, -0.2) is 46.8 Å². The Kier molecular flexibility index (Phi) is 9.09. The van der Waals surface area contributed by atoms with Crippen LogP contribution in [0.5, 0.6) is 0 Å². The number of aliphatic carboxylic acids is 1. The van der Waals surface area contributed by atoms with Crippen LogP contribution in [0.2, 0.25) is 0 Å². The van der Waals surface area contributed by atoms with Crippen molar-refractivity contribution in [3.8, 4) is 11.1 Å². The lowest BCUT2D eigenvalue weighted by Crippen LogP contribution is -3.00. The number of unbranched alkanes of at least 4 members (excludes halogenated alkanes) is 1. The van der Waals surface area contributed by atoms with Crippen molar-refractivity contribution in [1.29, 1.82) is 0 Å². The topological polar surface area (TPSA) is 183 Å². The summed E-state index contributed by atoms with van der Waals surface area (Å²) in [5.74, 6) is -1.33. The molecule has 0 aromatic heterocycles. The van der Waals surface area contributed by atoms with Crippen molar-refractivity contribution in [2.24, 2.45) is 0 Å². The summed E-state index contributed by atoms with van der Waals surface area (Å²) < 4.78 is 5.44. The van der Waals surface area contributed by atoms with E-state index in [4.69, 9.17) is 9.94 Å². The Morgan fingerprint density at radius 1 is 0.923 bits per heavy atom. The number of anilines is 1. The normalized spacial score (nSPS) is 14.6. The molecule has 0 saturated heterocycles. The van der Waals surface area contributed by atoms with Gasteiger partial charge in [-0.05, 0) is 47.6 Å². The molecule has 12 nitrogen and oxygen atoms in total.